The van der Waals surface area contributed by atoms with Gasteiger partial charge >= 0.3 is 6.18 Å². The van der Waals surface area contributed by atoms with Crippen molar-refractivity contribution in [2.45, 2.75) is 40.3 Å². The van der Waals surface area contributed by atoms with E-state index >= 15 is 0 Å². The molecule has 2 atom stereocenters. The Balaban J connectivity index is 0.00000191. The number of aliphatic imine (C=N–C) groups is 1. The molecule has 0 aromatic carbocycles. The van der Waals surface area contributed by atoms with E-state index in [4.69, 9.17) is 4.74 Å². The fourth-order valence-corrected chi connectivity index (χ4v) is 2.27. The van der Waals surface area contributed by atoms with Crippen molar-refractivity contribution in [3.8, 4) is 0 Å². The number of halogens is 3. The van der Waals surface area contributed by atoms with E-state index in [-0.39, 0.29) is 18.3 Å². The Labute approximate surface area is 125 Å². The number of nitrogens with zero attached hydrogens (tertiary/aromatic N) is 1. The number of alkyl halides is 3. The Morgan fingerprint density at radius 1 is 1.33 bits per heavy atom. The third kappa shape index (κ3) is 6.98. The third-order valence-electron chi connectivity index (χ3n) is 3.12. The maximum Gasteiger partial charge on any atom is 0.436 e. The molecule has 0 spiro atoms. The molecule has 2 unspecified atom stereocenters. The van der Waals surface area contributed by atoms with Crippen LogP contribution in [0.5, 0.6) is 0 Å². The number of allylic oxidation sites excluding steroid dienone is 2. The second-order valence-corrected chi connectivity index (χ2v) is 4.90. The van der Waals surface area contributed by atoms with Gasteiger partial charge < -0.3 is 10.1 Å². The van der Waals surface area contributed by atoms with Gasteiger partial charge in [-0.2, -0.15) is 13.2 Å². The van der Waals surface area contributed by atoms with Gasteiger partial charge in [-0.15, -0.1) is 0 Å². The van der Waals surface area contributed by atoms with Gasteiger partial charge in [0.25, 0.3) is 0 Å². The topological polar surface area (TPSA) is 33.6 Å². The van der Waals surface area contributed by atoms with Crippen LogP contribution in [0.4, 0.5) is 13.2 Å². The number of hydrogen-bond acceptors (Lipinski definition) is 3. The predicted molar refractivity (Wildman–Crippen MR) is 80.6 cm³/mol. The number of piperidine rings is 1. The highest BCUT2D eigenvalue weighted by Gasteiger charge is 2.38. The molecule has 0 bridgehead atoms. The SMILES string of the molecule is C/C=C(/OCC1CNCC(C)C1)C(=NC)C(F)(F)F.CC. The van der Waals surface area contributed by atoms with Crippen molar-refractivity contribution in [1.29, 1.82) is 0 Å². The quantitative estimate of drug-likeness (QED) is 0.633. The predicted octanol–water partition coefficient (Wildman–Crippen LogP) is 3.81. The van der Waals surface area contributed by atoms with Crippen LogP contribution in [-0.2, 0) is 4.74 Å². The van der Waals surface area contributed by atoms with Crippen LogP contribution in [0.2, 0.25) is 0 Å². The molecule has 3 nitrogen and oxygen atoms in total. The van der Waals surface area contributed by atoms with Gasteiger partial charge in [0.1, 0.15) is 5.76 Å². The van der Waals surface area contributed by atoms with Crippen LogP contribution in [0.3, 0.4) is 0 Å². The molecule has 1 aliphatic rings. The summed E-state index contributed by atoms with van der Waals surface area (Å²) < 4.78 is 43.5. The molecule has 1 heterocycles. The summed E-state index contributed by atoms with van der Waals surface area (Å²) in [4.78, 5) is 3.29. The maximum absolute atomic E-state index is 12.7. The van der Waals surface area contributed by atoms with E-state index in [2.05, 4.69) is 17.2 Å². The molecule has 0 aromatic rings. The second-order valence-electron chi connectivity index (χ2n) is 4.90. The smallest absolute Gasteiger partial charge is 0.436 e. The van der Waals surface area contributed by atoms with Gasteiger partial charge in [-0.3, -0.25) is 4.99 Å². The molecule has 124 valence electrons. The van der Waals surface area contributed by atoms with Gasteiger partial charge in [-0.05, 0) is 31.9 Å². The molecule has 21 heavy (non-hydrogen) atoms. The van der Waals surface area contributed by atoms with E-state index in [1.165, 1.54) is 13.0 Å². The first-order chi connectivity index (χ1) is 9.88. The first kappa shape index (κ1) is 20.0. The molecule has 1 saturated heterocycles. The summed E-state index contributed by atoms with van der Waals surface area (Å²) in [7, 11) is 1.12. The molecule has 0 amide bonds. The van der Waals surface area contributed by atoms with Crippen LogP contribution in [0.1, 0.15) is 34.1 Å². The van der Waals surface area contributed by atoms with Crippen molar-refractivity contribution < 1.29 is 17.9 Å². The largest absolute Gasteiger partial charge is 0.491 e. The minimum Gasteiger partial charge on any atom is -0.491 e. The summed E-state index contributed by atoms with van der Waals surface area (Å²) in [6.45, 7) is 9.66. The Kier molecular flexibility index (Phi) is 9.33. The van der Waals surface area contributed by atoms with Crippen molar-refractivity contribution in [2.75, 3.05) is 26.7 Å². The number of nitrogens with one attached hydrogen (secondary N) is 1. The van der Waals surface area contributed by atoms with Gasteiger partial charge in [-0.1, -0.05) is 20.8 Å². The van der Waals surface area contributed by atoms with Crippen LogP contribution < -0.4 is 5.32 Å². The lowest BCUT2D eigenvalue weighted by molar-refractivity contribution is -0.0611. The zero-order valence-corrected chi connectivity index (χ0v) is 13.5. The highest BCUT2D eigenvalue weighted by atomic mass is 19.4. The minimum atomic E-state index is -4.48. The molecule has 6 heteroatoms. The van der Waals surface area contributed by atoms with E-state index in [0.717, 1.165) is 26.6 Å². The normalized spacial score (nSPS) is 24.2. The molecule has 1 aliphatic heterocycles. The Morgan fingerprint density at radius 3 is 2.38 bits per heavy atom. The molecule has 1 fully saturated rings. The van der Waals surface area contributed by atoms with E-state index in [1.54, 1.807) is 0 Å². The summed E-state index contributed by atoms with van der Waals surface area (Å²) in [6.07, 6.45) is -2.20. The molecule has 1 N–H and O–H groups in total. The third-order valence-corrected chi connectivity index (χ3v) is 3.12. The highest BCUT2D eigenvalue weighted by Crippen LogP contribution is 2.24. The molecule has 0 radical (unpaired) electrons. The molecular weight excluding hydrogens is 281 g/mol. The van der Waals surface area contributed by atoms with E-state index in [9.17, 15) is 13.2 Å². The lowest BCUT2D eigenvalue weighted by Crippen LogP contribution is -2.37. The van der Waals surface area contributed by atoms with Crippen LogP contribution in [0, 0.1) is 11.8 Å². The van der Waals surface area contributed by atoms with E-state index < -0.39 is 11.9 Å². The van der Waals surface area contributed by atoms with Gasteiger partial charge in [0.2, 0.25) is 0 Å². The summed E-state index contributed by atoms with van der Waals surface area (Å²) in [6, 6.07) is 0. The number of ether oxygens (including phenoxy) is 1. The average molecular weight is 308 g/mol. The number of rotatable bonds is 4. The first-order valence-electron chi connectivity index (χ1n) is 7.42. The second kappa shape index (κ2) is 9.82. The van der Waals surface area contributed by atoms with Crippen LogP contribution in [0.25, 0.3) is 0 Å². The molecule has 0 saturated carbocycles. The Bertz CT molecular complexity index is 351. The zero-order valence-electron chi connectivity index (χ0n) is 13.5. The first-order valence-corrected chi connectivity index (χ1v) is 7.42. The van der Waals surface area contributed by atoms with Crippen LogP contribution in [-0.4, -0.2) is 38.6 Å². The zero-order chi connectivity index (χ0) is 16.5. The van der Waals surface area contributed by atoms with Gasteiger partial charge in [-0.25, -0.2) is 0 Å². The average Bonchev–Trinajstić information content (AvgIpc) is 2.44. The van der Waals surface area contributed by atoms with Crippen molar-refractivity contribution in [1.82, 2.24) is 5.32 Å². The maximum atomic E-state index is 12.7. The lowest BCUT2D eigenvalue weighted by atomic mass is 9.92. The Morgan fingerprint density at radius 2 is 1.95 bits per heavy atom. The van der Waals surface area contributed by atoms with E-state index in [1.807, 2.05) is 13.8 Å². The summed E-state index contributed by atoms with van der Waals surface area (Å²) in [5.74, 6) is 0.580. The Hall–Kier alpha value is -1.04. The molecule has 1 rings (SSSR count). The van der Waals surface area contributed by atoms with E-state index in [0.29, 0.717) is 5.92 Å². The van der Waals surface area contributed by atoms with Crippen molar-refractivity contribution in [3.05, 3.63) is 11.8 Å². The minimum absolute atomic E-state index is 0.187. The van der Waals surface area contributed by atoms with Crippen LogP contribution >= 0.6 is 0 Å². The molecule has 0 aromatic heterocycles. The molecular formula is C15H27F3N2O. The van der Waals surface area contributed by atoms with Gasteiger partial charge in [0.15, 0.2) is 5.71 Å². The fourth-order valence-electron chi connectivity index (χ4n) is 2.27. The van der Waals surface area contributed by atoms with Crippen molar-refractivity contribution >= 4 is 5.71 Å². The molecule has 0 aliphatic carbocycles. The highest BCUT2D eigenvalue weighted by molar-refractivity contribution is 6.02. The van der Waals surface area contributed by atoms with Crippen LogP contribution in [0.15, 0.2) is 16.8 Å². The number of hydrogen-bond donors (Lipinski definition) is 1. The summed E-state index contributed by atoms with van der Waals surface area (Å²) in [5.41, 5.74) is -0.952. The van der Waals surface area contributed by atoms with Gasteiger partial charge in [0, 0.05) is 19.5 Å². The van der Waals surface area contributed by atoms with Crippen molar-refractivity contribution in [2.24, 2.45) is 16.8 Å². The van der Waals surface area contributed by atoms with Gasteiger partial charge in [0.05, 0.1) is 6.61 Å². The lowest BCUT2D eigenvalue weighted by Gasteiger charge is -2.28. The summed E-state index contributed by atoms with van der Waals surface area (Å²) in [5, 5.41) is 3.25. The summed E-state index contributed by atoms with van der Waals surface area (Å²) >= 11 is 0. The standard InChI is InChI=1S/C13H21F3N2O.C2H6/c1-4-11(12(17-3)13(14,15)16)19-8-10-5-9(2)6-18-7-10;1-2/h4,9-10,18H,5-8H2,1-3H3;1-2H3/b11-4+,17-12?;. The monoisotopic (exact) mass is 308 g/mol. The van der Waals surface area contributed by atoms with Crippen molar-refractivity contribution in [3.63, 3.8) is 0 Å². The fraction of sp³-hybridized carbons (Fsp3) is 0.800.